The Morgan fingerprint density at radius 1 is 0.778 bits per heavy atom. The zero-order valence-electron chi connectivity index (χ0n) is 13.2. The van der Waals surface area contributed by atoms with E-state index in [1.165, 1.54) is 5.41 Å². The Kier molecular flexibility index (Phi) is 7.93. The van der Waals surface area contributed by atoms with Crippen molar-refractivity contribution in [2.45, 2.75) is 21.5 Å². The molecule has 0 saturated carbocycles. The Morgan fingerprint density at radius 2 is 1.11 bits per heavy atom. The quantitative estimate of drug-likeness (QED) is 0.303. The summed E-state index contributed by atoms with van der Waals surface area (Å²) in [4.78, 5) is 1.74. The second-order valence-corrected chi connectivity index (χ2v) is 7.97. The normalized spacial score (nSPS) is 12.7. The van der Waals surface area contributed by atoms with E-state index in [0.717, 1.165) is 9.79 Å². The first kappa shape index (κ1) is 23.1. The van der Waals surface area contributed by atoms with Crippen LogP contribution in [0.2, 0.25) is 0 Å². The second-order valence-electron chi connectivity index (χ2n) is 4.71. The summed E-state index contributed by atoms with van der Waals surface area (Å²) in [6, 6.07) is 18.4. The van der Waals surface area contributed by atoms with E-state index in [-0.39, 0.29) is 0 Å². The molecule has 0 aliphatic carbocycles. The van der Waals surface area contributed by atoms with Gasteiger partial charge in [0.2, 0.25) is 0 Å². The smallest absolute Gasteiger partial charge is 0.485 e. The van der Waals surface area contributed by atoms with Crippen molar-refractivity contribution in [3.05, 3.63) is 72.1 Å². The number of halogens is 6. The van der Waals surface area contributed by atoms with Gasteiger partial charge in [0.25, 0.3) is 0 Å². The molecular formula is C16H12F6O3S2. The SMILES string of the molecule is FC(F)(F)/C=C/[S+](c1ccccc1)c1ccccc1.O=S(=O)([O-])C(F)(F)F. The van der Waals surface area contributed by atoms with Gasteiger partial charge in [-0.1, -0.05) is 36.4 Å². The van der Waals surface area contributed by atoms with E-state index in [0.29, 0.717) is 6.08 Å². The molecule has 0 aromatic heterocycles. The largest absolute Gasteiger partial charge is 0.741 e. The highest BCUT2D eigenvalue weighted by Gasteiger charge is 2.37. The number of hydrogen-bond acceptors (Lipinski definition) is 3. The summed E-state index contributed by atoms with van der Waals surface area (Å²) in [5, 5.41) is 1.23. The fourth-order valence-electron chi connectivity index (χ4n) is 1.57. The number of alkyl halides is 6. The van der Waals surface area contributed by atoms with E-state index in [4.69, 9.17) is 13.0 Å². The highest BCUT2D eigenvalue weighted by atomic mass is 32.2. The van der Waals surface area contributed by atoms with Gasteiger partial charge in [0.1, 0.15) is 5.41 Å². The summed E-state index contributed by atoms with van der Waals surface area (Å²) in [6.45, 7) is 0. The number of hydrogen-bond donors (Lipinski definition) is 0. The Morgan fingerprint density at radius 3 is 1.37 bits per heavy atom. The zero-order valence-corrected chi connectivity index (χ0v) is 14.9. The minimum Gasteiger partial charge on any atom is -0.741 e. The van der Waals surface area contributed by atoms with Gasteiger partial charge in [-0.05, 0) is 24.3 Å². The van der Waals surface area contributed by atoms with E-state index in [1.807, 2.05) is 60.7 Å². The molecule has 0 radical (unpaired) electrons. The van der Waals surface area contributed by atoms with Gasteiger partial charge in [0, 0.05) is 0 Å². The minimum atomic E-state index is -6.09. The Labute approximate surface area is 154 Å². The number of rotatable bonds is 3. The number of allylic oxidation sites excluding steroid dienone is 1. The molecule has 0 amide bonds. The molecule has 0 spiro atoms. The van der Waals surface area contributed by atoms with Crippen LogP contribution in [0.25, 0.3) is 0 Å². The van der Waals surface area contributed by atoms with Crippen LogP contribution in [-0.2, 0) is 21.0 Å². The van der Waals surface area contributed by atoms with Crippen LogP contribution in [0.3, 0.4) is 0 Å². The van der Waals surface area contributed by atoms with E-state index < -0.39 is 32.7 Å². The van der Waals surface area contributed by atoms with Crippen LogP contribution in [0.1, 0.15) is 0 Å². The van der Waals surface area contributed by atoms with Crippen molar-refractivity contribution in [2.75, 3.05) is 0 Å². The molecule has 0 saturated heterocycles. The standard InChI is InChI=1S/C15H12F3S.CHF3O3S/c16-15(17,18)11-12-19(13-7-3-1-4-8-13)14-9-5-2-6-10-14;2-1(3,4)8(5,6)7/h1-12H;(H,5,6,7)/q+1;/p-1/b12-11+;. The molecule has 2 aromatic rings. The van der Waals surface area contributed by atoms with Gasteiger partial charge in [-0.3, -0.25) is 0 Å². The Balaban J connectivity index is 0.000000387. The van der Waals surface area contributed by atoms with Gasteiger partial charge in [-0.2, -0.15) is 26.3 Å². The molecular weight excluding hydrogens is 418 g/mol. The average molecular weight is 430 g/mol. The summed E-state index contributed by atoms with van der Waals surface area (Å²) in [5.41, 5.74) is -5.65. The van der Waals surface area contributed by atoms with Crippen LogP contribution < -0.4 is 0 Å². The molecule has 27 heavy (non-hydrogen) atoms. The maximum Gasteiger partial charge on any atom is 0.485 e. The molecule has 0 atom stereocenters. The van der Waals surface area contributed by atoms with E-state index >= 15 is 0 Å². The first-order chi connectivity index (χ1) is 12.3. The van der Waals surface area contributed by atoms with Crippen molar-refractivity contribution in [2.24, 2.45) is 0 Å². The lowest BCUT2D eigenvalue weighted by Gasteiger charge is -2.08. The van der Waals surface area contributed by atoms with Gasteiger partial charge in [0.15, 0.2) is 19.9 Å². The topological polar surface area (TPSA) is 57.2 Å². The monoisotopic (exact) mass is 430 g/mol. The van der Waals surface area contributed by atoms with Crippen LogP contribution in [0.5, 0.6) is 0 Å². The second kappa shape index (κ2) is 9.29. The highest BCUT2D eigenvalue weighted by Crippen LogP contribution is 2.27. The van der Waals surface area contributed by atoms with Crippen LogP contribution in [0.15, 0.2) is 81.9 Å². The van der Waals surface area contributed by atoms with Gasteiger partial charge in [-0.15, -0.1) is 0 Å². The van der Waals surface area contributed by atoms with Crippen molar-refractivity contribution >= 4 is 21.0 Å². The highest BCUT2D eigenvalue weighted by molar-refractivity contribution is 7.99. The fraction of sp³-hybridized carbons (Fsp3) is 0.125. The van der Waals surface area contributed by atoms with Crippen molar-refractivity contribution in [1.29, 1.82) is 0 Å². The molecule has 0 N–H and O–H groups in total. The fourth-order valence-corrected chi connectivity index (χ4v) is 3.35. The summed E-state index contributed by atoms with van der Waals surface area (Å²) in [6.07, 6.45) is -3.97. The maximum atomic E-state index is 12.4. The molecule has 2 aromatic carbocycles. The molecule has 2 rings (SSSR count). The Hall–Kier alpha value is -1.98. The third-order valence-electron chi connectivity index (χ3n) is 2.67. The van der Waals surface area contributed by atoms with Crippen molar-refractivity contribution in [3.8, 4) is 0 Å². The lowest BCUT2D eigenvalue weighted by molar-refractivity contribution is -0.0796. The predicted octanol–water partition coefficient (Wildman–Crippen LogP) is 4.85. The molecule has 11 heteroatoms. The van der Waals surface area contributed by atoms with Crippen molar-refractivity contribution < 1.29 is 39.3 Å². The van der Waals surface area contributed by atoms with Gasteiger partial charge < -0.3 is 4.55 Å². The van der Waals surface area contributed by atoms with E-state index in [2.05, 4.69) is 0 Å². The zero-order chi connectivity index (χ0) is 20.7. The first-order valence-electron chi connectivity index (χ1n) is 6.93. The summed E-state index contributed by atoms with van der Waals surface area (Å²) >= 11 is 0. The maximum absolute atomic E-state index is 12.4. The van der Waals surface area contributed by atoms with Gasteiger partial charge >= 0.3 is 11.7 Å². The molecule has 0 bridgehead atoms. The molecule has 3 nitrogen and oxygen atoms in total. The molecule has 0 heterocycles. The van der Waals surface area contributed by atoms with E-state index in [9.17, 15) is 26.3 Å². The van der Waals surface area contributed by atoms with Crippen LogP contribution in [-0.4, -0.2) is 24.7 Å². The first-order valence-corrected chi connectivity index (χ1v) is 9.62. The lowest BCUT2D eigenvalue weighted by atomic mass is 10.4. The van der Waals surface area contributed by atoms with Crippen LogP contribution in [0, 0.1) is 0 Å². The molecule has 0 aliphatic rings. The summed E-state index contributed by atoms with van der Waals surface area (Å²) in [5.74, 6) is 0. The van der Waals surface area contributed by atoms with E-state index in [1.54, 1.807) is 0 Å². The number of benzene rings is 2. The Bertz CT molecular complexity index is 792. The van der Waals surface area contributed by atoms with Crippen molar-refractivity contribution in [3.63, 3.8) is 0 Å². The third-order valence-corrected chi connectivity index (χ3v) is 5.21. The van der Waals surface area contributed by atoms with Crippen LogP contribution in [0.4, 0.5) is 26.3 Å². The van der Waals surface area contributed by atoms with Crippen molar-refractivity contribution in [1.82, 2.24) is 0 Å². The molecule has 0 unspecified atom stereocenters. The predicted molar refractivity (Wildman–Crippen MR) is 87.7 cm³/mol. The summed E-state index contributed by atoms with van der Waals surface area (Å²) in [7, 11) is -6.79. The molecule has 0 aliphatic heterocycles. The molecule has 148 valence electrons. The lowest BCUT2D eigenvalue weighted by Crippen LogP contribution is -2.21. The minimum absolute atomic E-state index is 0.316. The molecule has 0 fully saturated rings. The summed E-state index contributed by atoms with van der Waals surface area (Å²) < 4.78 is 96.0. The third kappa shape index (κ3) is 8.50. The van der Waals surface area contributed by atoms with Gasteiger partial charge in [-0.25, -0.2) is 8.42 Å². The van der Waals surface area contributed by atoms with Crippen LogP contribution >= 0.6 is 0 Å². The average Bonchev–Trinajstić information content (AvgIpc) is 2.55. The van der Waals surface area contributed by atoms with Gasteiger partial charge in [0.05, 0.1) is 17.0 Å².